The van der Waals surface area contributed by atoms with Gasteiger partial charge < -0.3 is 10.2 Å². The summed E-state index contributed by atoms with van der Waals surface area (Å²) in [4.78, 5) is 2.09. The summed E-state index contributed by atoms with van der Waals surface area (Å²) in [6, 6.07) is 0. The van der Waals surface area contributed by atoms with Gasteiger partial charge in [0.1, 0.15) is 6.54 Å². The van der Waals surface area contributed by atoms with Crippen LogP contribution in [-0.4, -0.2) is 48.0 Å². The maximum Gasteiger partial charge on any atom is 0.408 e. The van der Waals surface area contributed by atoms with Gasteiger partial charge in [-0.05, 0) is 33.6 Å². The lowest BCUT2D eigenvalue weighted by molar-refractivity contribution is -0.142. The molecule has 0 saturated carbocycles. The summed E-state index contributed by atoms with van der Waals surface area (Å²) in [7, 11) is 4.00. The number of halogens is 3. The molecule has 0 aliphatic carbocycles. The second-order valence-corrected chi connectivity index (χ2v) is 4.49. The molecule has 1 aromatic rings. The van der Waals surface area contributed by atoms with Crippen molar-refractivity contribution in [2.24, 2.45) is 0 Å². The molecule has 104 valence electrons. The predicted molar refractivity (Wildman–Crippen MR) is 63.2 cm³/mol. The zero-order chi connectivity index (χ0) is 13.6. The molecule has 4 nitrogen and oxygen atoms in total. The average Bonchev–Trinajstić information content (AvgIpc) is 2.62. The molecule has 0 atom stereocenters. The van der Waals surface area contributed by atoms with Gasteiger partial charge in [-0.2, -0.15) is 18.3 Å². The zero-order valence-corrected chi connectivity index (χ0v) is 10.7. The highest BCUT2D eigenvalue weighted by molar-refractivity contribution is 5.03. The van der Waals surface area contributed by atoms with Gasteiger partial charge in [-0.1, -0.05) is 0 Å². The average molecular weight is 264 g/mol. The fourth-order valence-corrected chi connectivity index (χ4v) is 1.52. The minimum Gasteiger partial charge on any atom is -0.313 e. The van der Waals surface area contributed by atoms with Crippen LogP contribution in [0.4, 0.5) is 13.2 Å². The van der Waals surface area contributed by atoms with Gasteiger partial charge in [-0.15, -0.1) is 0 Å². The first kappa shape index (κ1) is 15.0. The van der Waals surface area contributed by atoms with E-state index in [2.05, 4.69) is 15.3 Å². The lowest BCUT2D eigenvalue weighted by Crippen LogP contribution is -2.21. The van der Waals surface area contributed by atoms with Crippen LogP contribution in [0, 0.1) is 0 Å². The summed E-state index contributed by atoms with van der Waals surface area (Å²) < 4.78 is 37.2. The molecule has 0 aromatic carbocycles. The number of alkyl halides is 3. The van der Waals surface area contributed by atoms with Gasteiger partial charge >= 0.3 is 6.18 Å². The van der Waals surface area contributed by atoms with Crippen LogP contribution >= 0.6 is 0 Å². The zero-order valence-electron chi connectivity index (χ0n) is 10.7. The third kappa shape index (κ3) is 6.61. The third-order valence-corrected chi connectivity index (χ3v) is 2.32. The second kappa shape index (κ2) is 6.75. The first-order valence-electron chi connectivity index (χ1n) is 5.80. The molecule has 0 radical (unpaired) electrons. The Bertz CT molecular complexity index is 346. The highest BCUT2D eigenvalue weighted by atomic mass is 19.4. The Morgan fingerprint density at radius 2 is 2.11 bits per heavy atom. The summed E-state index contributed by atoms with van der Waals surface area (Å²) in [6.45, 7) is 1.34. The Labute approximate surface area is 105 Å². The van der Waals surface area contributed by atoms with Crippen LogP contribution in [0.15, 0.2) is 12.4 Å². The molecule has 7 heteroatoms. The maximum absolute atomic E-state index is 12.1. The van der Waals surface area contributed by atoms with Crippen LogP contribution in [0.5, 0.6) is 0 Å². The molecule has 0 aliphatic rings. The van der Waals surface area contributed by atoms with Crippen molar-refractivity contribution in [1.29, 1.82) is 0 Å². The van der Waals surface area contributed by atoms with Crippen molar-refractivity contribution in [2.45, 2.75) is 25.7 Å². The lowest BCUT2D eigenvalue weighted by atomic mass is 10.3. The Morgan fingerprint density at radius 3 is 2.72 bits per heavy atom. The standard InChI is InChI=1S/C11H19F3N4/c1-17(2)5-3-4-15-6-10-7-16-18(8-10)9-11(12,13)14/h7-8,15H,3-6,9H2,1-2H3. The maximum atomic E-state index is 12.1. The topological polar surface area (TPSA) is 33.1 Å². The summed E-state index contributed by atoms with van der Waals surface area (Å²) >= 11 is 0. The fourth-order valence-electron chi connectivity index (χ4n) is 1.52. The van der Waals surface area contributed by atoms with E-state index >= 15 is 0 Å². The van der Waals surface area contributed by atoms with Crippen LogP contribution in [0.25, 0.3) is 0 Å². The van der Waals surface area contributed by atoms with Crippen molar-refractivity contribution in [3.8, 4) is 0 Å². The lowest BCUT2D eigenvalue weighted by Gasteiger charge is -2.09. The van der Waals surface area contributed by atoms with Crippen molar-refractivity contribution < 1.29 is 13.2 Å². The number of nitrogens with zero attached hydrogens (tertiary/aromatic N) is 3. The normalized spacial score (nSPS) is 12.3. The minimum atomic E-state index is -4.22. The summed E-state index contributed by atoms with van der Waals surface area (Å²) in [6.07, 6.45) is -0.330. The first-order valence-corrected chi connectivity index (χ1v) is 5.80. The van der Waals surface area contributed by atoms with E-state index in [1.54, 1.807) is 0 Å². The summed E-state index contributed by atoms with van der Waals surface area (Å²) in [5.41, 5.74) is 0.768. The Morgan fingerprint density at radius 1 is 1.39 bits per heavy atom. The number of aromatic nitrogens is 2. The highest BCUT2D eigenvalue weighted by Gasteiger charge is 2.28. The molecule has 1 heterocycles. The second-order valence-electron chi connectivity index (χ2n) is 4.49. The largest absolute Gasteiger partial charge is 0.408 e. The van der Waals surface area contributed by atoms with Crippen molar-refractivity contribution >= 4 is 0 Å². The molecule has 0 aliphatic heterocycles. The molecule has 1 N–H and O–H groups in total. The van der Waals surface area contributed by atoms with E-state index in [1.165, 1.54) is 12.4 Å². The van der Waals surface area contributed by atoms with Gasteiger partial charge in [0.15, 0.2) is 0 Å². The molecule has 1 aromatic heterocycles. The molecule has 0 spiro atoms. The summed E-state index contributed by atoms with van der Waals surface area (Å²) in [5.74, 6) is 0. The van der Waals surface area contributed by atoms with Crippen LogP contribution < -0.4 is 5.32 Å². The van der Waals surface area contributed by atoms with E-state index in [0.717, 1.165) is 29.8 Å². The molecular weight excluding hydrogens is 245 g/mol. The van der Waals surface area contributed by atoms with E-state index < -0.39 is 12.7 Å². The van der Waals surface area contributed by atoms with Crippen molar-refractivity contribution in [3.05, 3.63) is 18.0 Å². The van der Waals surface area contributed by atoms with Gasteiger partial charge in [-0.25, -0.2) is 0 Å². The van der Waals surface area contributed by atoms with Crippen molar-refractivity contribution in [1.82, 2.24) is 20.0 Å². The number of hydrogen-bond donors (Lipinski definition) is 1. The molecular formula is C11H19F3N4. The molecule has 0 amide bonds. The molecule has 1 rings (SSSR count). The molecule has 0 unspecified atom stereocenters. The number of rotatable bonds is 7. The Hall–Kier alpha value is -1.08. The first-order chi connectivity index (χ1) is 8.37. The van der Waals surface area contributed by atoms with Gasteiger partial charge in [-0.3, -0.25) is 4.68 Å². The van der Waals surface area contributed by atoms with Crippen molar-refractivity contribution in [2.75, 3.05) is 27.2 Å². The van der Waals surface area contributed by atoms with Crippen LogP contribution in [0.3, 0.4) is 0 Å². The monoisotopic (exact) mass is 264 g/mol. The van der Waals surface area contributed by atoms with Gasteiger partial charge in [0.05, 0.1) is 6.20 Å². The Kier molecular flexibility index (Phi) is 5.61. The van der Waals surface area contributed by atoms with E-state index in [1.807, 2.05) is 14.1 Å². The van der Waals surface area contributed by atoms with E-state index in [-0.39, 0.29) is 0 Å². The number of nitrogens with one attached hydrogen (secondary N) is 1. The van der Waals surface area contributed by atoms with Crippen LogP contribution in [0.1, 0.15) is 12.0 Å². The van der Waals surface area contributed by atoms with Gasteiger partial charge in [0, 0.05) is 18.3 Å². The van der Waals surface area contributed by atoms with Gasteiger partial charge in [0.2, 0.25) is 0 Å². The quantitative estimate of drug-likeness (QED) is 0.757. The predicted octanol–water partition coefficient (Wildman–Crippen LogP) is 1.49. The SMILES string of the molecule is CN(C)CCCNCc1cnn(CC(F)(F)F)c1. The fraction of sp³-hybridized carbons (Fsp3) is 0.727. The molecule has 0 bridgehead atoms. The molecule has 0 saturated heterocycles. The summed E-state index contributed by atoms with van der Waals surface area (Å²) in [5, 5.41) is 6.85. The van der Waals surface area contributed by atoms with Gasteiger partial charge in [0.25, 0.3) is 0 Å². The smallest absolute Gasteiger partial charge is 0.313 e. The Balaban J connectivity index is 2.23. The molecule has 18 heavy (non-hydrogen) atoms. The van der Waals surface area contributed by atoms with E-state index in [0.29, 0.717) is 6.54 Å². The highest BCUT2D eigenvalue weighted by Crippen LogP contribution is 2.16. The third-order valence-electron chi connectivity index (χ3n) is 2.32. The van der Waals surface area contributed by atoms with Crippen LogP contribution in [-0.2, 0) is 13.1 Å². The van der Waals surface area contributed by atoms with Crippen LogP contribution in [0.2, 0.25) is 0 Å². The van der Waals surface area contributed by atoms with E-state index in [4.69, 9.17) is 0 Å². The van der Waals surface area contributed by atoms with E-state index in [9.17, 15) is 13.2 Å². The minimum absolute atomic E-state index is 0.547. The number of hydrogen-bond acceptors (Lipinski definition) is 3. The van der Waals surface area contributed by atoms with Crippen molar-refractivity contribution in [3.63, 3.8) is 0 Å². The molecule has 0 fully saturated rings.